The highest BCUT2D eigenvalue weighted by atomic mass is 16.5. The summed E-state index contributed by atoms with van der Waals surface area (Å²) >= 11 is 0. The number of hydrogen-bond donors (Lipinski definition) is 1. The molecule has 0 heterocycles. The Bertz CT molecular complexity index is 359. The van der Waals surface area contributed by atoms with Crippen LogP contribution in [-0.4, -0.2) is 55.9 Å². The van der Waals surface area contributed by atoms with Gasteiger partial charge in [0.15, 0.2) is 0 Å². The van der Waals surface area contributed by atoms with Gasteiger partial charge in [-0.2, -0.15) is 0 Å². The quantitative estimate of drug-likeness (QED) is 0.722. The van der Waals surface area contributed by atoms with Crippen LogP contribution in [0.3, 0.4) is 0 Å². The van der Waals surface area contributed by atoms with E-state index in [1.807, 2.05) is 0 Å². The zero-order valence-electron chi connectivity index (χ0n) is 13.6. The number of hydrogen-bond acceptors (Lipinski definition) is 5. The second-order valence-corrected chi connectivity index (χ2v) is 6.71. The van der Waals surface area contributed by atoms with Gasteiger partial charge in [-0.3, -0.25) is 9.69 Å². The standard InChI is InChI=1S/C16H30N2O3/c1-12(13-6-7-13)18(9-10-20-2)14-5-4-8-16(17,11-14)15(19)21-3/h12-14H,4-11,17H2,1-3H3. The molecule has 0 saturated heterocycles. The van der Waals surface area contributed by atoms with Gasteiger partial charge < -0.3 is 15.2 Å². The first-order chi connectivity index (χ1) is 10.0. The van der Waals surface area contributed by atoms with Gasteiger partial charge in [0, 0.05) is 25.7 Å². The van der Waals surface area contributed by atoms with E-state index < -0.39 is 5.54 Å². The average molecular weight is 298 g/mol. The van der Waals surface area contributed by atoms with Gasteiger partial charge in [-0.05, 0) is 51.4 Å². The minimum absolute atomic E-state index is 0.266. The molecule has 0 aromatic carbocycles. The topological polar surface area (TPSA) is 64.8 Å². The van der Waals surface area contributed by atoms with Crippen molar-refractivity contribution in [1.82, 2.24) is 4.90 Å². The third kappa shape index (κ3) is 3.96. The van der Waals surface area contributed by atoms with E-state index in [1.165, 1.54) is 20.0 Å². The maximum Gasteiger partial charge on any atom is 0.325 e. The Morgan fingerprint density at radius 1 is 1.38 bits per heavy atom. The lowest BCUT2D eigenvalue weighted by atomic mass is 9.78. The van der Waals surface area contributed by atoms with E-state index in [9.17, 15) is 4.79 Å². The van der Waals surface area contributed by atoms with Gasteiger partial charge >= 0.3 is 5.97 Å². The fourth-order valence-corrected chi connectivity index (χ4v) is 3.71. The molecule has 2 rings (SSSR count). The van der Waals surface area contributed by atoms with Crippen LogP contribution in [0.2, 0.25) is 0 Å². The molecule has 3 atom stereocenters. The molecule has 2 fully saturated rings. The number of ether oxygens (including phenoxy) is 2. The minimum Gasteiger partial charge on any atom is -0.468 e. The van der Waals surface area contributed by atoms with Crippen molar-refractivity contribution in [2.45, 2.75) is 63.1 Å². The van der Waals surface area contributed by atoms with E-state index in [1.54, 1.807) is 7.11 Å². The molecule has 2 aliphatic carbocycles. The number of carbonyl (C=O) groups is 1. The minimum atomic E-state index is -0.813. The van der Waals surface area contributed by atoms with E-state index in [2.05, 4.69) is 11.8 Å². The third-order valence-corrected chi connectivity index (χ3v) is 5.20. The SMILES string of the molecule is COCCN(C1CCCC(N)(C(=O)OC)C1)C(C)C1CC1. The summed E-state index contributed by atoms with van der Waals surface area (Å²) in [5, 5.41) is 0. The Morgan fingerprint density at radius 2 is 2.10 bits per heavy atom. The molecule has 0 aromatic rings. The van der Waals surface area contributed by atoms with Crippen LogP contribution in [0.4, 0.5) is 0 Å². The molecule has 21 heavy (non-hydrogen) atoms. The molecule has 0 aliphatic heterocycles. The first kappa shape index (κ1) is 16.7. The summed E-state index contributed by atoms with van der Waals surface area (Å²) in [6, 6.07) is 0.902. The fraction of sp³-hybridized carbons (Fsp3) is 0.938. The largest absolute Gasteiger partial charge is 0.468 e. The summed E-state index contributed by atoms with van der Waals surface area (Å²) in [6.45, 7) is 3.94. The maximum atomic E-state index is 12.0. The molecular weight excluding hydrogens is 268 g/mol. The lowest BCUT2D eigenvalue weighted by Gasteiger charge is -2.43. The predicted octanol–water partition coefficient (Wildman–Crippen LogP) is 1.55. The molecule has 0 aromatic heterocycles. The van der Waals surface area contributed by atoms with Crippen molar-refractivity contribution >= 4 is 5.97 Å². The van der Waals surface area contributed by atoms with Crippen molar-refractivity contribution in [1.29, 1.82) is 0 Å². The molecule has 0 amide bonds. The second kappa shape index (κ2) is 7.07. The fourth-order valence-electron chi connectivity index (χ4n) is 3.71. The van der Waals surface area contributed by atoms with Gasteiger partial charge in [-0.15, -0.1) is 0 Å². The molecule has 2 aliphatic rings. The van der Waals surface area contributed by atoms with E-state index in [-0.39, 0.29) is 5.97 Å². The summed E-state index contributed by atoms with van der Waals surface area (Å²) in [5.74, 6) is 0.534. The first-order valence-corrected chi connectivity index (χ1v) is 8.14. The Labute approximate surface area is 128 Å². The van der Waals surface area contributed by atoms with Crippen LogP contribution in [0.5, 0.6) is 0 Å². The van der Waals surface area contributed by atoms with Gasteiger partial charge in [-0.25, -0.2) is 0 Å². The number of rotatable bonds is 7. The first-order valence-electron chi connectivity index (χ1n) is 8.14. The van der Waals surface area contributed by atoms with E-state index >= 15 is 0 Å². The van der Waals surface area contributed by atoms with Gasteiger partial charge in [-0.1, -0.05) is 0 Å². The van der Waals surface area contributed by atoms with Crippen LogP contribution in [0.25, 0.3) is 0 Å². The lowest BCUT2D eigenvalue weighted by Crippen LogP contribution is -2.57. The van der Waals surface area contributed by atoms with Crippen LogP contribution in [-0.2, 0) is 14.3 Å². The Hall–Kier alpha value is -0.650. The zero-order chi connectivity index (χ0) is 15.5. The summed E-state index contributed by atoms with van der Waals surface area (Å²) < 4.78 is 10.2. The molecule has 2 N–H and O–H groups in total. The van der Waals surface area contributed by atoms with Crippen LogP contribution in [0.15, 0.2) is 0 Å². The average Bonchev–Trinajstić information content (AvgIpc) is 3.31. The van der Waals surface area contributed by atoms with Crippen molar-refractivity contribution in [3.05, 3.63) is 0 Å². The molecule has 0 bridgehead atoms. The molecule has 5 nitrogen and oxygen atoms in total. The molecule has 122 valence electrons. The molecule has 0 radical (unpaired) electrons. The highest BCUT2D eigenvalue weighted by Gasteiger charge is 2.44. The van der Waals surface area contributed by atoms with Crippen molar-refractivity contribution in [3.63, 3.8) is 0 Å². The highest BCUT2D eigenvalue weighted by Crippen LogP contribution is 2.39. The summed E-state index contributed by atoms with van der Waals surface area (Å²) in [5.41, 5.74) is 5.52. The van der Waals surface area contributed by atoms with Gasteiger partial charge in [0.2, 0.25) is 0 Å². The highest BCUT2D eigenvalue weighted by molar-refractivity contribution is 5.80. The number of nitrogens with two attached hydrogens (primary N) is 1. The number of esters is 1. The van der Waals surface area contributed by atoms with Crippen LogP contribution >= 0.6 is 0 Å². The normalized spacial score (nSPS) is 31.2. The van der Waals surface area contributed by atoms with Gasteiger partial charge in [0.25, 0.3) is 0 Å². The van der Waals surface area contributed by atoms with Crippen LogP contribution < -0.4 is 5.73 Å². The monoisotopic (exact) mass is 298 g/mol. The van der Waals surface area contributed by atoms with Crippen molar-refractivity contribution in [2.75, 3.05) is 27.4 Å². The number of carbonyl (C=O) groups excluding carboxylic acids is 1. The number of methoxy groups -OCH3 is 2. The third-order valence-electron chi connectivity index (χ3n) is 5.20. The molecule has 2 saturated carbocycles. The molecule has 3 unspecified atom stereocenters. The van der Waals surface area contributed by atoms with Crippen molar-refractivity contribution in [3.8, 4) is 0 Å². The molecular formula is C16H30N2O3. The second-order valence-electron chi connectivity index (χ2n) is 6.71. The van der Waals surface area contributed by atoms with E-state index in [0.717, 1.165) is 38.3 Å². The van der Waals surface area contributed by atoms with E-state index in [0.29, 0.717) is 18.5 Å². The smallest absolute Gasteiger partial charge is 0.325 e. The van der Waals surface area contributed by atoms with Crippen molar-refractivity contribution in [2.24, 2.45) is 11.7 Å². The molecule has 5 heteroatoms. The Kier molecular flexibility index (Phi) is 5.63. The van der Waals surface area contributed by atoms with Gasteiger partial charge in [0.1, 0.15) is 5.54 Å². The maximum absolute atomic E-state index is 12.0. The Morgan fingerprint density at radius 3 is 2.67 bits per heavy atom. The summed E-state index contributed by atoms with van der Waals surface area (Å²) in [7, 11) is 3.17. The lowest BCUT2D eigenvalue weighted by molar-refractivity contribution is -0.149. The number of nitrogens with zero attached hydrogens (tertiary/aromatic N) is 1. The molecule has 0 spiro atoms. The predicted molar refractivity (Wildman–Crippen MR) is 82.0 cm³/mol. The van der Waals surface area contributed by atoms with Crippen molar-refractivity contribution < 1.29 is 14.3 Å². The summed E-state index contributed by atoms with van der Waals surface area (Å²) in [6.07, 6.45) is 6.16. The van der Waals surface area contributed by atoms with Crippen LogP contribution in [0, 0.1) is 5.92 Å². The Balaban J connectivity index is 2.05. The summed E-state index contributed by atoms with van der Waals surface area (Å²) in [4.78, 5) is 14.5. The van der Waals surface area contributed by atoms with E-state index in [4.69, 9.17) is 15.2 Å². The zero-order valence-corrected chi connectivity index (χ0v) is 13.6. The van der Waals surface area contributed by atoms with Gasteiger partial charge in [0.05, 0.1) is 13.7 Å². The van der Waals surface area contributed by atoms with Crippen LogP contribution in [0.1, 0.15) is 45.4 Å².